The van der Waals surface area contributed by atoms with E-state index in [9.17, 15) is 0 Å². The molecule has 2 rings (SSSR count). The summed E-state index contributed by atoms with van der Waals surface area (Å²) in [7, 11) is 0. The molecule has 0 saturated carbocycles. The zero-order valence-corrected chi connectivity index (χ0v) is 9.87. The van der Waals surface area contributed by atoms with Crippen molar-refractivity contribution in [2.75, 3.05) is 5.75 Å². The van der Waals surface area contributed by atoms with E-state index in [1.807, 2.05) is 43.3 Å². The van der Waals surface area contributed by atoms with Gasteiger partial charge in [-0.2, -0.15) is 10.2 Å². The first kappa shape index (κ1) is 11.0. The van der Waals surface area contributed by atoms with E-state index in [0.29, 0.717) is 0 Å². The third kappa shape index (κ3) is 2.73. The van der Waals surface area contributed by atoms with Crippen molar-refractivity contribution in [2.24, 2.45) is 16.0 Å². The maximum atomic E-state index is 5.64. The van der Waals surface area contributed by atoms with Crippen molar-refractivity contribution in [1.82, 2.24) is 0 Å². The Morgan fingerprint density at radius 2 is 2.00 bits per heavy atom. The molecule has 1 aromatic carbocycles. The Morgan fingerprint density at radius 3 is 2.69 bits per heavy atom. The lowest BCUT2D eigenvalue weighted by Gasteiger charge is -2.06. The number of hydrogen-bond acceptors (Lipinski definition) is 4. The maximum Gasteiger partial charge on any atom is 0.0886 e. The number of aryl methyl sites for hydroxylation is 1. The second kappa shape index (κ2) is 4.99. The monoisotopic (exact) mass is 231 g/mol. The van der Waals surface area contributed by atoms with Crippen molar-refractivity contribution < 1.29 is 0 Å². The molecule has 0 radical (unpaired) electrons. The van der Waals surface area contributed by atoms with Crippen LogP contribution >= 0.6 is 11.8 Å². The molecule has 0 spiro atoms. The van der Waals surface area contributed by atoms with Gasteiger partial charge in [0, 0.05) is 5.75 Å². The van der Waals surface area contributed by atoms with E-state index in [-0.39, 0.29) is 0 Å². The van der Waals surface area contributed by atoms with Gasteiger partial charge < -0.3 is 5.73 Å². The molecule has 82 valence electrons. The van der Waals surface area contributed by atoms with Gasteiger partial charge in [0.05, 0.1) is 16.4 Å². The van der Waals surface area contributed by atoms with Gasteiger partial charge in [0.15, 0.2) is 0 Å². The van der Waals surface area contributed by atoms with Gasteiger partial charge >= 0.3 is 0 Å². The van der Waals surface area contributed by atoms with E-state index in [1.165, 1.54) is 0 Å². The molecule has 0 saturated heterocycles. The zero-order chi connectivity index (χ0) is 11.4. The minimum atomic E-state index is 0.789. The predicted octanol–water partition coefficient (Wildman–Crippen LogP) is 3.51. The molecule has 0 aromatic heterocycles. The Hall–Kier alpha value is -1.55. The number of nitrogens with zero attached hydrogens (tertiary/aromatic N) is 2. The van der Waals surface area contributed by atoms with Gasteiger partial charge in [-0.15, -0.1) is 11.8 Å². The van der Waals surface area contributed by atoms with Crippen LogP contribution in [0.3, 0.4) is 0 Å². The summed E-state index contributed by atoms with van der Waals surface area (Å²) < 4.78 is 0. The van der Waals surface area contributed by atoms with E-state index < -0.39 is 0 Å². The molecule has 0 unspecified atom stereocenters. The van der Waals surface area contributed by atoms with Crippen molar-refractivity contribution in [3.63, 3.8) is 0 Å². The number of benzene rings is 1. The predicted molar refractivity (Wildman–Crippen MR) is 68.5 cm³/mol. The Morgan fingerprint density at radius 1 is 1.19 bits per heavy atom. The second-order valence-corrected chi connectivity index (χ2v) is 4.55. The van der Waals surface area contributed by atoms with Gasteiger partial charge in [0.25, 0.3) is 0 Å². The summed E-state index contributed by atoms with van der Waals surface area (Å²) >= 11 is 1.58. The van der Waals surface area contributed by atoms with Crippen LogP contribution < -0.4 is 5.73 Å². The lowest BCUT2D eigenvalue weighted by atomic mass is 10.2. The summed E-state index contributed by atoms with van der Waals surface area (Å²) in [4.78, 5) is 0. The molecule has 2 N–H and O–H groups in total. The van der Waals surface area contributed by atoms with Crippen molar-refractivity contribution in [3.8, 4) is 0 Å². The van der Waals surface area contributed by atoms with Crippen LogP contribution in [0, 0.1) is 6.92 Å². The van der Waals surface area contributed by atoms with Crippen LogP contribution in [0.15, 0.2) is 57.4 Å². The summed E-state index contributed by atoms with van der Waals surface area (Å²) in [5, 5.41) is 9.27. The van der Waals surface area contributed by atoms with Crippen LogP contribution in [0.25, 0.3) is 0 Å². The molecule has 1 heterocycles. The minimum absolute atomic E-state index is 0.789. The normalized spacial score (nSPS) is 16.1. The fourth-order valence-electron chi connectivity index (χ4n) is 1.29. The molecule has 0 fully saturated rings. The summed E-state index contributed by atoms with van der Waals surface area (Å²) in [5.74, 6) is 0.789. The Kier molecular flexibility index (Phi) is 3.41. The largest absolute Gasteiger partial charge is 0.394 e. The topological polar surface area (TPSA) is 50.7 Å². The number of nitrogens with two attached hydrogens (primary N) is 1. The van der Waals surface area contributed by atoms with Crippen molar-refractivity contribution in [3.05, 3.63) is 52.7 Å². The highest BCUT2D eigenvalue weighted by atomic mass is 32.2. The standard InChI is InChI=1S/C12H13N3S/c1-9-4-2-3-5-11(9)15-14-10-6-7-12(13)16-8-10/h2-7H,8,13H2,1H3. The van der Waals surface area contributed by atoms with E-state index in [0.717, 1.165) is 27.7 Å². The molecule has 0 aliphatic carbocycles. The molecular weight excluding hydrogens is 218 g/mol. The first-order chi connectivity index (χ1) is 7.75. The van der Waals surface area contributed by atoms with Gasteiger partial charge in [0.2, 0.25) is 0 Å². The van der Waals surface area contributed by atoms with Crippen molar-refractivity contribution >= 4 is 17.4 Å². The van der Waals surface area contributed by atoms with Crippen LogP contribution in [0.2, 0.25) is 0 Å². The highest BCUT2D eigenvalue weighted by Crippen LogP contribution is 2.23. The number of allylic oxidation sites excluding steroid dienone is 2. The fourth-order valence-corrected chi connectivity index (χ4v) is 1.92. The van der Waals surface area contributed by atoms with Crippen LogP contribution in [0.5, 0.6) is 0 Å². The van der Waals surface area contributed by atoms with Gasteiger partial charge in [-0.25, -0.2) is 0 Å². The van der Waals surface area contributed by atoms with Crippen molar-refractivity contribution in [2.45, 2.75) is 6.92 Å². The molecule has 0 bridgehead atoms. The van der Waals surface area contributed by atoms with Crippen molar-refractivity contribution in [1.29, 1.82) is 0 Å². The Balaban J connectivity index is 2.14. The van der Waals surface area contributed by atoms with Crippen LogP contribution in [-0.2, 0) is 0 Å². The summed E-state index contributed by atoms with van der Waals surface area (Å²) in [6, 6.07) is 7.94. The molecule has 3 nitrogen and oxygen atoms in total. The van der Waals surface area contributed by atoms with Crippen LogP contribution in [0.4, 0.5) is 5.69 Å². The van der Waals surface area contributed by atoms with Gasteiger partial charge in [-0.3, -0.25) is 0 Å². The quantitative estimate of drug-likeness (QED) is 0.792. The van der Waals surface area contributed by atoms with E-state index in [1.54, 1.807) is 11.8 Å². The second-order valence-electron chi connectivity index (χ2n) is 3.50. The molecule has 1 aromatic rings. The highest BCUT2D eigenvalue weighted by Gasteiger charge is 2.03. The third-order valence-corrected chi connectivity index (χ3v) is 3.14. The van der Waals surface area contributed by atoms with Gasteiger partial charge in [0.1, 0.15) is 0 Å². The third-order valence-electron chi connectivity index (χ3n) is 2.23. The number of rotatable bonds is 2. The zero-order valence-electron chi connectivity index (χ0n) is 9.05. The van der Waals surface area contributed by atoms with E-state index in [4.69, 9.17) is 5.73 Å². The van der Waals surface area contributed by atoms with Crippen LogP contribution in [-0.4, -0.2) is 5.75 Å². The highest BCUT2D eigenvalue weighted by molar-refractivity contribution is 8.03. The number of hydrogen-bond donors (Lipinski definition) is 1. The summed E-state index contributed by atoms with van der Waals surface area (Å²) in [5.41, 5.74) is 8.63. The lowest BCUT2D eigenvalue weighted by Crippen LogP contribution is -1.98. The lowest BCUT2D eigenvalue weighted by molar-refractivity contribution is 1.12. The van der Waals surface area contributed by atoms with E-state index in [2.05, 4.69) is 10.2 Å². The van der Waals surface area contributed by atoms with Crippen LogP contribution in [0.1, 0.15) is 5.56 Å². The number of azo groups is 1. The molecular formula is C12H13N3S. The first-order valence-corrected chi connectivity index (χ1v) is 6.01. The molecule has 4 heteroatoms. The summed E-state index contributed by atoms with van der Waals surface area (Å²) in [6.07, 6.45) is 3.77. The summed E-state index contributed by atoms with van der Waals surface area (Å²) in [6.45, 7) is 2.02. The molecule has 0 amide bonds. The maximum absolute atomic E-state index is 5.64. The molecule has 1 aliphatic heterocycles. The average molecular weight is 231 g/mol. The molecule has 0 atom stereocenters. The first-order valence-electron chi connectivity index (χ1n) is 5.02. The SMILES string of the molecule is Cc1ccccc1N=NC1=CC=C(N)SC1. The smallest absolute Gasteiger partial charge is 0.0886 e. The fraction of sp³-hybridized carbons (Fsp3) is 0.167. The average Bonchev–Trinajstić information content (AvgIpc) is 2.30. The van der Waals surface area contributed by atoms with Gasteiger partial charge in [-0.1, -0.05) is 18.2 Å². The van der Waals surface area contributed by atoms with Gasteiger partial charge in [-0.05, 0) is 30.7 Å². The minimum Gasteiger partial charge on any atom is -0.394 e. The Labute approximate surface area is 99.1 Å². The molecule has 1 aliphatic rings. The Bertz CT molecular complexity index is 475. The van der Waals surface area contributed by atoms with E-state index >= 15 is 0 Å². The number of thioether (sulfide) groups is 1. The molecule has 16 heavy (non-hydrogen) atoms.